The molecule has 3 atom stereocenters. The number of likely N-dealkylation sites (tertiary alicyclic amines) is 1. The Kier molecular flexibility index (Phi) is 3.41. The number of ether oxygens (including phenoxy) is 1. The summed E-state index contributed by atoms with van der Waals surface area (Å²) in [5.41, 5.74) is 1.41. The van der Waals surface area contributed by atoms with Gasteiger partial charge < -0.3 is 10.1 Å². The summed E-state index contributed by atoms with van der Waals surface area (Å²) in [6.07, 6.45) is 6.55. The average molecular weight is 272 g/mol. The van der Waals surface area contributed by atoms with Gasteiger partial charge in [-0.3, -0.25) is 4.90 Å². The maximum absolute atomic E-state index is 5.83. The molecule has 20 heavy (non-hydrogen) atoms. The van der Waals surface area contributed by atoms with E-state index in [1.807, 2.05) is 0 Å². The lowest BCUT2D eigenvalue weighted by atomic mass is 9.96. The number of fused-ring (bicyclic) bond motifs is 1. The van der Waals surface area contributed by atoms with E-state index in [9.17, 15) is 0 Å². The van der Waals surface area contributed by atoms with Crippen molar-refractivity contribution in [1.82, 2.24) is 10.2 Å². The van der Waals surface area contributed by atoms with E-state index in [1.54, 1.807) is 0 Å². The van der Waals surface area contributed by atoms with Crippen molar-refractivity contribution in [3.8, 4) is 5.75 Å². The second kappa shape index (κ2) is 5.38. The third-order valence-corrected chi connectivity index (χ3v) is 5.23. The van der Waals surface area contributed by atoms with Crippen LogP contribution in [0.4, 0.5) is 0 Å². The third-order valence-electron chi connectivity index (χ3n) is 5.23. The van der Waals surface area contributed by atoms with Gasteiger partial charge in [0, 0.05) is 30.1 Å². The number of nitrogens with one attached hydrogen (secondary N) is 1. The summed E-state index contributed by atoms with van der Waals surface area (Å²) in [4.78, 5) is 2.77. The van der Waals surface area contributed by atoms with Gasteiger partial charge in [-0.15, -0.1) is 0 Å². The van der Waals surface area contributed by atoms with E-state index in [1.165, 1.54) is 44.3 Å². The van der Waals surface area contributed by atoms with Crippen LogP contribution in [0.1, 0.15) is 43.7 Å². The van der Waals surface area contributed by atoms with E-state index in [2.05, 4.69) is 34.5 Å². The fourth-order valence-electron chi connectivity index (χ4n) is 4.34. The first-order valence-electron chi connectivity index (χ1n) is 8.14. The minimum absolute atomic E-state index is 0.565. The van der Waals surface area contributed by atoms with Crippen LogP contribution < -0.4 is 10.1 Å². The largest absolute Gasteiger partial charge is 0.493 e. The standard InChI is InChI=1S/C17H24N2O/c1-2-8-17-13(5-1)15(9-12-20-17)19-11-4-7-16(19)14-6-3-10-18-14/h1-2,5,8,14-16,18H,3-4,6-7,9-12H2. The molecule has 0 bridgehead atoms. The Labute approximate surface area is 121 Å². The van der Waals surface area contributed by atoms with Crippen molar-refractivity contribution in [2.75, 3.05) is 19.7 Å². The van der Waals surface area contributed by atoms with Gasteiger partial charge in [-0.25, -0.2) is 0 Å². The van der Waals surface area contributed by atoms with Crippen LogP contribution in [-0.2, 0) is 0 Å². The highest BCUT2D eigenvalue weighted by Gasteiger charge is 2.38. The highest BCUT2D eigenvalue weighted by molar-refractivity contribution is 5.37. The van der Waals surface area contributed by atoms with Gasteiger partial charge in [0.1, 0.15) is 5.75 Å². The van der Waals surface area contributed by atoms with E-state index in [-0.39, 0.29) is 0 Å². The number of nitrogens with zero attached hydrogens (tertiary/aromatic N) is 1. The maximum atomic E-state index is 5.83. The molecule has 0 amide bonds. The van der Waals surface area contributed by atoms with Gasteiger partial charge in [0.25, 0.3) is 0 Å². The molecule has 2 fully saturated rings. The molecule has 0 saturated carbocycles. The van der Waals surface area contributed by atoms with E-state index in [0.29, 0.717) is 12.1 Å². The Hall–Kier alpha value is -1.06. The number of hydrogen-bond donors (Lipinski definition) is 1. The molecule has 4 rings (SSSR count). The van der Waals surface area contributed by atoms with Gasteiger partial charge in [0.05, 0.1) is 6.61 Å². The summed E-state index contributed by atoms with van der Waals surface area (Å²) in [5.74, 6) is 1.11. The van der Waals surface area contributed by atoms with E-state index in [0.717, 1.165) is 24.8 Å². The fourth-order valence-corrected chi connectivity index (χ4v) is 4.34. The Morgan fingerprint density at radius 2 is 2.05 bits per heavy atom. The zero-order valence-electron chi connectivity index (χ0n) is 12.1. The lowest BCUT2D eigenvalue weighted by Crippen LogP contribution is -2.46. The molecule has 3 aliphatic heterocycles. The van der Waals surface area contributed by atoms with Gasteiger partial charge >= 0.3 is 0 Å². The molecule has 3 heterocycles. The van der Waals surface area contributed by atoms with Crippen molar-refractivity contribution in [3.63, 3.8) is 0 Å². The molecule has 2 saturated heterocycles. The van der Waals surface area contributed by atoms with Crippen LogP contribution in [0.25, 0.3) is 0 Å². The van der Waals surface area contributed by atoms with Crippen LogP contribution in [0, 0.1) is 0 Å². The number of benzene rings is 1. The topological polar surface area (TPSA) is 24.5 Å². The van der Waals surface area contributed by atoms with Gasteiger partial charge in [-0.05, 0) is 44.8 Å². The van der Waals surface area contributed by atoms with Crippen molar-refractivity contribution < 1.29 is 4.74 Å². The van der Waals surface area contributed by atoms with Crippen LogP contribution in [0.3, 0.4) is 0 Å². The monoisotopic (exact) mass is 272 g/mol. The normalized spacial score (nSPS) is 33.9. The molecule has 3 unspecified atom stereocenters. The van der Waals surface area contributed by atoms with Crippen LogP contribution in [0.15, 0.2) is 24.3 Å². The van der Waals surface area contributed by atoms with Crippen LogP contribution in [0.2, 0.25) is 0 Å². The van der Waals surface area contributed by atoms with Crippen molar-refractivity contribution in [3.05, 3.63) is 29.8 Å². The summed E-state index contributed by atoms with van der Waals surface area (Å²) >= 11 is 0. The van der Waals surface area contributed by atoms with Crippen molar-refractivity contribution in [1.29, 1.82) is 0 Å². The molecule has 3 heteroatoms. The molecule has 0 aromatic heterocycles. The molecule has 3 aliphatic rings. The lowest BCUT2D eigenvalue weighted by molar-refractivity contribution is 0.112. The SMILES string of the molecule is c1ccc2c(c1)OCCC2N1CCCC1C1CCCN1. The number of para-hydroxylation sites is 1. The second-order valence-electron chi connectivity index (χ2n) is 6.34. The van der Waals surface area contributed by atoms with Gasteiger partial charge in [0.15, 0.2) is 0 Å². The molecule has 3 nitrogen and oxygen atoms in total. The third kappa shape index (κ3) is 2.13. The first-order valence-corrected chi connectivity index (χ1v) is 8.14. The molecule has 108 valence electrons. The van der Waals surface area contributed by atoms with Crippen molar-refractivity contribution in [2.24, 2.45) is 0 Å². The number of rotatable bonds is 2. The second-order valence-corrected chi connectivity index (χ2v) is 6.34. The first-order chi connectivity index (χ1) is 9.93. The highest BCUT2D eigenvalue weighted by Crippen LogP contribution is 2.40. The molecular formula is C17H24N2O. The minimum Gasteiger partial charge on any atom is -0.493 e. The van der Waals surface area contributed by atoms with Crippen molar-refractivity contribution in [2.45, 2.75) is 50.2 Å². The minimum atomic E-state index is 0.565. The summed E-state index contributed by atoms with van der Waals surface area (Å²) in [7, 11) is 0. The zero-order valence-corrected chi connectivity index (χ0v) is 12.1. The molecule has 0 aliphatic carbocycles. The summed E-state index contributed by atoms with van der Waals surface area (Å²) in [5, 5.41) is 3.72. The quantitative estimate of drug-likeness (QED) is 0.896. The van der Waals surface area contributed by atoms with E-state index >= 15 is 0 Å². The molecule has 0 spiro atoms. The maximum Gasteiger partial charge on any atom is 0.124 e. The molecule has 1 N–H and O–H groups in total. The Morgan fingerprint density at radius 3 is 2.95 bits per heavy atom. The smallest absolute Gasteiger partial charge is 0.124 e. The van der Waals surface area contributed by atoms with Crippen LogP contribution >= 0.6 is 0 Å². The number of hydrogen-bond acceptors (Lipinski definition) is 3. The van der Waals surface area contributed by atoms with Gasteiger partial charge in [-0.2, -0.15) is 0 Å². The summed E-state index contributed by atoms with van der Waals surface area (Å²) in [6.45, 7) is 3.32. The van der Waals surface area contributed by atoms with Gasteiger partial charge in [-0.1, -0.05) is 18.2 Å². The Balaban J connectivity index is 1.60. The summed E-state index contributed by atoms with van der Waals surface area (Å²) < 4.78 is 5.83. The Bertz CT molecular complexity index is 470. The Morgan fingerprint density at radius 1 is 1.10 bits per heavy atom. The lowest BCUT2D eigenvalue weighted by Gasteiger charge is -2.39. The van der Waals surface area contributed by atoms with Crippen molar-refractivity contribution >= 4 is 0 Å². The van der Waals surface area contributed by atoms with Crippen LogP contribution in [-0.4, -0.2) is 36.7 Å². The first kappa shape index (κ1) is 12.7. The van der Waals surface area contributed by atoms with Gasteiger partial charge in [0.2, 0.25) is 0 Å². The van der Waals surface area contributed by atoms with E-state index < -0.39 is 0 Å². The summed E-state index contributed by atoms with van der Waals surface area (Å²) in [6, 6.07) is 10.6. The highest BCUT2D eigenvalue weighted by atomic mass is 16.5. The molecule has 1 aromatic carbocycles. The fraction of sp³-hybridized carbons (Fsp3) is 0.647. The molecule has 1 aromatic rings. The van der Waals surface area contributed by atoms with E-state index in [4.69, 9.17) is 4.74 Å². The predicted molar refractivity (Wildman–Crippen MR) is 80.0 cm³/mol. The van der Waals surface area contributed by atoms with Crippen LogP contribution in [0.5, 0.6) is 5.75 Å². The molecule has 0 radical (unpaired) electrons. The average Bonchev–Trinajstić information content (AvgIpc) is 3.17. The zero-order chi connectivity index (χ0) is 13.4. The predicted octanol–water partition coefficient (Wildman–Crippen LogP) is 2.73. The molecular weight excluding hydrogens is 248 g/mol.